The first-order valence-corrected chi connectivity index (χ1v) is 7.72. The summed E-state index contributed by atoms with van der Waals surface area (Å²) >= 11 is 0. The van der Waals surface area contributed by atoms with E-state index in [-0.39, 0.29) is 0 Å². The van der Waals surface area contributed by atoms with Gasteiger partial charge in [-0.1, -0.05) is 18.2 Å². The molecule has 0 unspecified atom stereocenters. The van der Waals surface area contributed by atoms with Gasteiger partial charge in [0.05, 0.1) is 6.61 Å². The molecule has 1 aliphatic heterocycles. The molecule has 22 heavy (non-hydrogen) atoms. The molecule has 2 heterocycles. The summed E-state index contributed by atoms with van der Waals surface area (Å²) in [4.78, 5) is 11.0. The predicted octanol–water partition coefficient (Wildman–Crippen LogP) is 3.48. The SMILES string of the molecule is CCOc1ccc(C2=CCN(c3ncc(C)cn3)CC2)cc1. The van der Waals surface area contributed by atoms with E-state index in [1.54, 1.807) is 0 Å². The van der Waals surface area contributed by atoms with Crippen LogP contribution in [-0.4, -0.2) is 29.7 Å². The van der Waals surface area contributed by atoms with Gasteiger partial charge in [0.1, 0.15) is 5.75 Å². The normalized spacial score (nSPS) is 14.6. The monoisotopic (exact) mass is 295 g/mol. The average Bonchev–Trinajstić information content (AvgIpc) is 2.57. The third-order valence-corrected chi connectivity index (χ3v) is 3.80. The number of aromatic nitrogens is 2. The highest BCUT2D eigenvalue weighted by molar-refractivity contribution is 5.68. The molecule has 2 aromatic rings. The second-order valence-electron chi connectivity index (χ2n) is 5.44. The molecule has 3 rings (SSSR count). The molecule has 0 radical (unpaired) electrons. The van der Waals surface area contributed by atoms with Crippen molar-refractivity contribution < 1.29 is 4.74 Å². The molecule has 0 fully saturated rings. The number of benzene rings is 1. The molecule has 114 valence electrons. The molecule has 1 aliphatic rings. The van der Waals surface area contributed by atoms with Crippen LogP contribution in [-0.2, 0) is 0 Å². The fourth-order valence-corrected chi connectivity index (χ4v) is 2.59. The lowest BCUT2D eigenvalue weighted by molar-refractivity contribution is 0.340. The Balaban J connectivity index is 1.69. The zero-order valence-electron chi connectivity index (χ0n) is 13.1. The molecular formula is C18H21N3O. The molecule has 0 saturated heterocycles. The molecule has 1 aromatic carbocycles. The van der Waals surface area contributed by atoms with E-state index in [4.69, 9.17) is 4.74 Å². The van der Waals surface area contributed by atoms with Gasteiger partial charge in [-0.25, -0.2) is 9.97 Å². The van der Waals surface area contributed by atoms with Crippen LogP contribution < -0.4 is 9.64 Å². The Hall–Kier alpha value is -2.36. The molecule has 0 amide bonds. The summed E-state index contributed by atoms with van der Waals surface area (Å²) in [5.41, 5.74) is 3.74. The van der Waals surface area contributed by atoms with E-state index >= 15 is 0 Å². The quantitative estimate of drug-likeness (QED) is 0.865. The molecule has 0 saturated carbocycles. The maximum absolute atomic E-state index is 5.49. The van der Waals surface area contributed by atoms with Crippen LogP contribution in [0.1, 0.15) is 24.5 Å². The van der Waals surface area contributed by atoms with Gasteiger partial charge in [-0.2, -0.15) is 0 Å². The van der Waals surface area contributed by atoms with Gasteiger partial charge in [0, 0.05) is 25.5 Å². The molecule has 0 atom stereocenters. The zero-order chi connectivity index (χ0) is 15.4. The number of rotatable bonds is 4. The first kappa shape index (κ1) is 14.6. The summed E-state index contributed by atoms with van der Waals surface area (Å²) in [6.07, 6.45) is 7.01. The summed E-state index contributed by atoms with van der Waals surface area (Å²) < 4.78 is 5.49. The van der Waals surface area contributed by atoms with Crippen molar-refractivity contribution in [3.8, 4) is 5.75 Å². The third-order valence-electron chi connectivity index (χ3n) is 3.80. The Morgan fingerprint density at radius 1 is 1.14 bits per heavy atom. The Morgan fingerprint density at radius 3 is 2.45 bits per heavy atom. The van der Waals surface area contributed by atoms with E-state index in [0.717, 1.165) is 36.8 Å². The lowest BCUT2D eigenvalue weighted by atomic mass is 9.99. The summed E-state index contributed by atoms with van der Waals surface area (Å²) in [6.45, 7) is 6.50. The predicted molar refractivity (Wildman–Crippen MR) is 89.2 cm³/mol. The van der Waals surface area contributed by atoms with Gasteiger partial charge < -0.3 is 9.64 Å². The van der Waals surface area contributed by atoms with Crippen LogP contribution in [0.15, 0.2) is 42.7 Å². The largest absolute Gasteiger partial charge is 0.494 e. The summed E-state index contributed by atoms with van der Waals surface area (Å²) in [5, 5.41) is 0. The van der Waals surface area contributed by atoms with Gasteiger partial charge in [0.25, 0.3) is 0 Å². The fraction of sp³-hybridized carbons (Fsp3) is 0.333. The maximum atomic E-state index is 5.49. The van der Waals surface area contributed by atoms with Crippen molar-refractivity contribution >= 4 is 11.5 Å². The van der Waals surface area contributed by atoms with E-state index in [1.165, 1.54) is 11.1 Å². The minimum absolute atomic E-state index is 0.702. The Bertz CT molecular complexity index is 647. The van der Waals surface area contributed by atoms with Gasteiger partial charge in [0.2, 0.25) is 5.95 Å². The van der Waals surface area contributed by atoms with E-state index in [9.17, 15) is 0 Å². The number of hydrogen-bond acceptors (Lipinski definition) is 4. The standard InChI is InChI=1S/C18H21N3O/c1-3-22-17-6-4-15(5-7-17)16-8-10-21(11-9-16)18-19-12-14(2)13-20-18/h4-8,12-13H,3,9-11H2,1-2H3. The van der Waals surface area contributed by atoms with E-state index in [2.05, 4.69) is 33.1 Å². The van der Waals surface area contributed by atoms with Crippen molar-refractivity contribution in [1.29, 1.82) is 0 Å². The maximum Gasteiger partial charge on any atom is 0.225 e. The molecule has 0 aliphatic carbocycles. The Kier molecular flexibility index (Phi) is 4.37. The zero-order valence-corrected chi connectivity index (χ0v) is 13.1. The van der Waals surface area contributed by atoms with Crippen LogP contribution >= 0.6 is 0 Å². The third kappa shape index (κ3) is 3.27. The van der Waals surface area contributed by atoms with Crippen molar-refractivity contribution in [2.45, 2.75) is 20.3 Å². The number of aryl methyl sites for hydroxylation is 1. The highest BCUT2D eigenvalue weighted by atomic mass is 16.5. The number of nitrogens with zero attached hydrogens (tertiary/aromatic N) is 3. The minimum Gasteiger partial charge on any atom is -0.494 e. The van der Waals surface area contributed by atoms with Gasteiger partial charge in [0.15, 0.2) is 0 Å². The molecule has 4 heteroatoms. The second-order valence-corrected chi connectivity index (χ2v) is 5.44. The van der Waals surface area contributed by atoms with Crippen LogP contribution in [0.5, 0.6) is 5.75 Å². The first-order chi connectivity index (χ1) is 10.8. The number of anilines is 1. The molecule has 1 aromatic heterocycles. The van der Waals surface area contributed by atoms with E-state index in [1.807, 2.05) is 38.4 Å². The molecule has 0 N–H and O–H groups in total. The summed E-state index contributed by atoms with van der Waals surface area (Å²) in [5.74, 6) is 1.74. The summed E-state index contributed by atoms with van der Waals surface area (Å²) in [7, 11) is 0. The number of ether oxygens (including phenoxy) is 1. The van der Waals surface area contributed by atoms with Crippen molar-refractivity contribution in [3.63, 3.8) is 0 Å². The number of hydrogen-bond donors (Lipinski definition) is 0. The Morgan fingerprint density at radius 2 is 1.86 bits per heavy atom. The van der Waals surface area contributed by atoms with Crippen LogP contribution in [0, 0.1) is 6.92 Å². The van der Waals surface area contributed by atoms with Crippen LogP contribution in [0.4, 0.5) is 5.95 Å². The fourth-order valence-electron chi connectivity index (χ4n) is 2.59. The second kappa shape index (κ2) is 6.60. The molecule has 0 bridgehead atoms. The average molecular weight is 295 g/mol. The molecular weight excluding hydrogens is 274 g/mol. The minimum atomic E-state index is 0.702. The Labute approximate surface area is 131 Å². The van der Waals surface area contributed by atoms with Gasteiger partial charge >= 0.3 is 0 Å². The molecule has 0 spiro atoms. The summed E-state index contributed by atoms with van der Waals surface area (Å²) in [6, 6.07) is 8.34. The van der Waals surface area contributed by atoms with Crippen molar-refractivity contribution in [1.82, 2.24) is 9.97 Å². The highest BCUT2D eigenvalue weighted by Crippen LogP contribution is 2.25. The van der Waals surface area contributed by atoms with E-state index in [0.29, 0.717) is 6.61 Å². The smallest absolute Gasteiger partial charge is 0.225 e. The first-order valence-electron chi connectivity index (χ1n) is 7.72. The van der Waals surface area contributed by atoms with Crippen molar-refractivity contribution in [2.24, 2.45) is 0 Å². The van der Waals surface area contributed by atoms with Crippen molar-refractivity contribution in [2.75, 3.05) is 24.6 Å². The van der Waals surface area contributed by atoms with Crippen LogP contribution in [0.25, 0.3) is 5.57 Å². The lowest BCUT2D eigenvalue weighted by Gasteiger charge is -2.26. The highest BCUT2D eigenvalue weighted by Gasteiger charge is 2.15. The van der Waals surface area contributed by atoms with Crippen LogP contribution in [0.3, 0.4) is 0 Å². The van der Waals surface area contributed by atoms with Crippen LogP contribution in [0.2, 0.25) is 0 Å². The lowest BCUT2D eigenvalue weighted by Crippen LogP contribution is -2.29. The van der Waals surface area contributed by atoms with Gasteiger partial charge in [-0.15, -0.1) is 0 Å². The van der Waals surface area contributed by atoms with E-state index < -0.39 is 0 Å². The van der Waals surface area contributed by atoms with Gasteiger partial charge in [-0.05, 0) is 49.1 Å². The van der Waals surface area contributed by atoms with Crippen molar-refractivity contribution in [3.05, 3.63) is 53.9 Å². The molecule has 4 nitrogen and oxygen atoms in total. The topological polar surface area (TPSA) is 38.2 Å². The van der Waals surface area contributed by atoms with Gasteiger partial charge in [-0.3, -0.25) is 0 Å².